The highest BCUT2D eigenvalue weighted by molar-refractivity contribution is 7.17. The van der Waals surface area contributed by atoms with Gasteiger partial charge in [-0.15, -0.1) is 0 Å². The highest BCUT2D eigenvalue weighted by atomic mass is 32.1. The lowest BCUT2D eigenvalue weighted by molar-refractivity contribution is 0.0953. The Balaban J connectivity index is 1.43. The number of halogens is 2. The molecule has 3 amide bonds. The van der Waals surface area contributed by atoms with Gasteiger partial charge in [0, 0.05) is 31.8 Å². The Hall–Kier alpha value is -3.34. The second-order valence-electron chi connectivity index (χ2n) is 7.16. The fraction of sp³-hybridized carbons (Fsp3) is 0.300. The minimum atomic E-state index is -0.689. The van der Waals surface area contributed by atoms with Gasteiger partial charge in [0.15, 0.2) is 5.13 Å². The topological polar surface area (TPSA) is 91.6 Å². The third-order valence-electron chi connectivity index (χ3n) is 4.72. The van der Waals surface area contributed by atoms with E-state index in [0.717, 1.165) is 17.4 Å². The molecule has 0 spiro atoms. The summed E-state index contributed by atoms with van der Waals surface area (Å²) >= 11 is 1.11. The summed E-state index contributed by atoms with van der Waals surface area (Å²) in [6.45, 7) is 4.50. The standard InChI is InChI=1S/C20H19F2N5O3S/c1-11-5-16(25-30-11)9-23-18(28)17-12(2)24-19(31-17)27-4-3-26(20(27)29)10-13-6-14(21)8-15(22)7-13/h5-8H,3-4,9-10H2,1-2H3,(H,23,28). The number of aromatic nitrogens is 2. The molecular formula is C20H19F2N5O3S. The number of carbonyl (C=O) groups is 2. The normalized spacial score (nSPS) is 13.9. The number of thiazole rings is 1. The Bertz CT molecular complexity index is 1130. The monoisotopic (exact) mass is 447 g/mol. The predicted octanol–water partition coefficient (Wildman–Crippen LogP) is 3.40. The lowest BCUT2D eigenvalue weighted by Crippen LogP contribution is -2.31. The largest absolute Gasteiger partial charge is 0.361 e. The average Bonchev–Trinajstić information content (AvgIpc) is 3.39. The molecule has 8 nitrogen and oxygen atoms in total. The maximum Gasteiger partial charge on any atom is 0.326 e. The van der Waals surface area contributed by atoms with Crippen molar-refractivity contribution in [1.82, 2.24) is 20.4 Å². The van der Waals surface area contributed by atoms with Crippen molar-refractivity contribution in [2.24, 2.45) is 0 Å². The van der Waals surface area contributed by atoms with Crippen LogP contribution in [0.4, 0.5) is 18.7 Å². The number of benzene rings is 1. The Morgan fingerprint density at radius 2 is 1.94 bits per heavy atom. The molecule has 3 aromatic rings. The van der Waals surface area contributed by atoms with Crippen LogP contribution in [0.1, 0.15) is 32.4 Å². The van der Waals surface area contributed by atoms with E-state index in [1.54, 1.807) is 19.9 Å². The van der Waals surface area contributed by atoms with E-state index in [9.17, 15) is 18.4 Å². The molecular weight excluding hydrogens is 428 g/mol. The summed E-state index contributed by atoms with van der Waals surface area (Å²) in [5, 5.41) is 6.99. The number of aryl methyl sites for hydroxylation is 2. The third-order valence-corrected chi connectivity index (χ3v) is 5.90. The molecule has 0 radical (unpaired) electrons. The van der Waals surface area contributed by atoms with Crippen LogP contribution in [0, 0.1) is 25.5 Å². The molecule has 0 aliphatic carbocycles. The van der Waals surface area contributed by atoms with Crippen LogP contribution in [0.15, 0.2) is 28.8 Å². The van der Waals surface area contributed by atoms with Crippen LogP contribution in [-0.4, -0.2) is 40.1 Å². The van der Waals surface area contributed by atoms with Gasteiger partial charge >= 0.3 is 6.03 Å². The Morgan fingerprint density at radius 1 is 1.19 bits per heavy atom. The van der Waals surface area contributed by atoms with Gasteiger partial charge in [0.2, 0.25) is 0 Å². The van der Waals surface area contributed by atoms with Gasteiger partial charge in [-0.05, 0) is 31.5 Å². The molecule has 4 rings (SSSR count). The molecule has 0 saturated carbocycles. The molecule has 0 bridgehead atoms. The number of hydrogen-bond donors (Lipinski definition) is 1. The van der Waals surface area contributed by atoms with Gasteiger partial charge in [-0.25, -0.2) is 18.6 Å². The van der Waals surface area contributed by atoms with Gasteiger partial charge in [-0.2, -0.15) is 0 Å². The van der Waals surface area contributed by atoms with E-state index < -0.39 is 11.6 Å². The number of rotatable bonds is 6. The SMILES string of the molecule is Cc1cc(CNC(=O)c2sc(N3CCN(Cc4cc(F)cc(F)c4)C3=O)nc2C)no1. The zero-order valence-electron chi connectivity index (χ0n) is 16.8. The molecule has 1 aromatic carbocycles. The fourth-order valence-electron chi connectivity index (χ4n) is 3.29. The van der Waals surface area contributed by atoms with Crippen molar-refractivity contribution >= 4 is 28.4 Å². The van der Waals surface area contributed by atoms with Crippen molar-refractivity contribution in [2.45, 2.75) is 26.9 Å². The van der Waals surface area contributed by atoms with Crippen LogP contribution in [-0.2, 0) is 13.1 Å². The Kier molecular flexibility index (Phi) is 5.68. The van der Waals surface area contributed by atoms with Crippen molar-refractivity contribution in [3.63, 3.8) is 0 Å². The smallest absolute Gasteiger partial charge is 0.326 e. The Morgan fingerprint density at radius 3 is 2.61 bits per heavy atom. The molecule has 3 heterocycles. The molecule has 31 heavy (non-hydrogen) atoms. The van der Waals surface area contributed by atoms with E-state index in [2.05, 4.69) is 15.5 Å². The number of urea groups is 1. The van der Waals surface area contributed by atoms with Gasteiger partial charge < -0.3 is 14.7 Å². The van der Waals surface area contributed by atoms with Gasteiger partial charge in [0.1, 0.15) is 28.0 Å². The first-order valence-corrected chi connectivity index (χ1v) is 10.3. The lowest BCUT2D eigenvalue weighted by atomic mass is 10.2. The molecule has 0 unspecified atom stereocenters. The average molecular weight is 447 g/mol. The second-order valence-corrected chi connectivity index (χ2v) is 8.13. The summed E-state index contributed by atoms with van der Waals surface area (Å²) < 4.78 is 31.8. The van der Waals surface area contributed by atoms with E-state index >= 15 is 0 Å². The highest BCUT2D eigenvalue weighted by Crippen LogP contribution is 2.29. The number of nitrogens with one attached hydrogen (secondary N) is 1. The Labute approximate surface area is 180 Å². The van der Waals surface area contributed by atoms with Gasteiger partial charge in [0.05, 0.1) is 12.2 Å². The van der Waals surface area contributed by atoms with Crippen molar-refractivity contribution in [2.75, 3.05) is 18.0 Å². The molecule has 2 aromatic heterocycles. The zero-order valence-corrected chi connectivity index (χ0v) is 17.6. The van der Waals surface area contributed by atoms with Crippen LogP contribution in [0.25, 0.3) is 0 Å². The summed E-state index contributed by atoms with van der Waals surface area (Å²) in [6, 6.07) is 4.59. The zero-order chi connectivity index (χ0) is 22.1. The molecule has 11 heteroatoms. The van der Waals surface area contributed by atoms with Gasteiger partial charge in [-0.1, -0.05) is 16.5 Å². The third kappa shape index (κ3) is 4.55. The summed E-state index contributed by atoms with van der Waals surface area (Å²) in [6.07, 6.45) is 0. The van der Waals surface area contributed by atoms with Crippen LogP contribution < -0.4 is 10.2 Å². The molecule has 1 fully saturated rings. The van der Waals surface area contributed by atoms with E-state index in [4.69, 9.17) is 4.52 Å². The first-order chi connectivity index (χ1) is 14.8. The summed E-state index contributed by atoms with van der Waals surface area (Å²) in [5.74, 6) is -1.05. The van der Waals surface area contributed by atoms with E-state index in [1.165, 1.54) is 21.9 Å². The number of nitrogens with zero attached hydrogens (tertiary/aromatic N) is 4. The highest BCUT2D eigenvalue weighted by Gasteiger charge is 2.32. The molecule has 0 atom stereocenters. The minimum Gasteiger partial charge on any atom is -0.361 e. The van der Waals surface area contributed by atoms with Crippen LogP contribution in [0.5, 0.6) is 0 Å². The summed E-state index contributed by atoms with van der Waals surface area (Å²) in [4.78, 5) is 33.1. The van der Waals surface area contributed by atoms with Crippen LogP contribution in [0.2, 0.25) is 0 Å². The van der Waals surface area contributed by atoms with Gasteiger partial charge in [-0.3, -0.25) is 9.69 Å². The summed E-state index contributed by atoms with van der Waals surface area (Å²) in [5.41, 5.74) is 1.48. The first kappa shape index (κ1) is 20.9. The van der Waals surface area contributed by atoms with Crippen LogP contribution in [0.3, 0.4) is 0 Å². The molecule has 1 aliphatic rings. The van der Waals surface area contributed by atoms with E-state index in [1.807, 2.05) is 0 Å². The summed E-state index contributed by atoms with van der Waals surface area (Å²) in [7, 11) is 0. The fourth-order valence-corrected chi connectivity index (χ4v) is 4.29. The van der Waals surface area contributed by atoms with Crippen molar-refractivity contribution in [3.05, 3.63) is 63.5 Å². The van der Waals surface area contributed by atoms with E-state index in [-0.39, 0.29) is 25.0 Å². The maximum atomic E-state index is 13.4. The minimum absolute atomic E-state index is 0.0822. The predicted molar refractivity (Wildman–Crippen MR) is 109 cm³/mol. The lowest BCUT2D eigenvalue weighted by Gasteiger charge is -2.17. The van der Waals surface area contributed by atoms with E-state index in [0.29, 0.717) is 45.8 Å². The van der Waals surface area contributed by atoms with Crippen LogP contribution >= 0.6 is 11.3 Å². The van der Waals surface area contributed by atoms with Gasteiger partial charge in [0.25, 0.3) is 5.91 Å². The molecule has 1 N–H and O–H groups in total. The molecule has 1 saturated heterocycles. The van der Waals surface area contributed by atoms with Crippen molar-refractivity contribution in [3.8, 4) is 0 Å². The molecule has 1 aliphatic heterocycles. The number of hydrogen-bond acceptors (Lipinski definition) is 6. The van der Waals surface area contributed by atoms with Crippen molar-refractivity contribution in [1.29, 1.82) is 0 Å². The van der Waals surface area contributed by atoms with Crippen molar-refractivity contribution < 1.29 is 22.9 Å². The maximum absolute atomic E-state index is 13.4. The second kappa shape index (κ2) is 8.42. The number of carbonyl (C=O) groups excluding carboxylic acids is 2. The number of anilines is 1. The first-order valence-electron chi connectivity index (χ1n) is 9.49. The number of amides is 3. The molecule has 162 valence electrons. The quantitative estimate of drug-likeness (QED) is 0.625.